The molecule has 3 aromatic carbocycles. The summed E-state index contributed by atoms with van der Waals surface area (Å²) in [6.45, 7) is 2.63. The highest BCUT2D eigenvalue weighted by Gasteiger charge is 2.36. The third-order valence-electron chi connectivity index (χ3n) is 5.83. The first-order chi connectivity index (χ1) is 19.2. The molecule has 1 fully saturated rings. The topological polar surface area (TPSA) is 94.2 Å². The van der Waals surface area contributed by atoms with Crippen LogP contribution in [0.4, 0.5) is 4.79 Å². The third kappa shape index (κ3) is 7.04. The van der Waals surface area contributed by atoms with E-state index in [1.807, 2.05) is 19.1 Å². The number of barbiturate groups is 1. The SMILES string of the molecule is CCCOc1ccc(CN2C(=O)NC(=O)/C(=C\c3cc(Br)cc(Br)c3OCc3cccc(Cl)c3)C2=O)cc1OC. The molecule has 0 bridgehead atoms. The lowest BCUT2D eigenvalue weighted by atomic mass is 10.1. The van der Waals surface area contributed by atoms with E-state index < -0.39 is 17.8 Å². The Bertz CT molecular complexity index is 1490. The third-order valence-corrected chi connectivity index (χ3v) is 7.11. The molecule has 0 aromatic heterocycles. The summed E-state index contributed by atoms with van der Waals surface area (Å²) in [6.07, 6.45) is 2.24. The number of rotatable bonds is 10. The zero-order valence-corrected chi connectivity index (χ0v) is 25.6. The molecule has 4 rings (SSSR count). The van der Waals surface area contributed by atoms with Crippen molar-refractivity contribution in [2.24, 2.45) is 0 Å². The zero-order valence-electron chi connectivity index (χ0n) is 21.6. The zero-order chi connectivity index (χ0) is 28.8. The number of carbonyl (C=O) groups excluding carboxylic acids is 3. The number of methoxy groups -OCH3 is 1. The van der Waals surface area contributed by atoms with Crippen molar-refractivity contribution in [2.75, 3.05) is 13.7 Å². The summed E-state index contributed by atoms with van der Waals surface area (Å²) in [4.78, 5) is 39.9. The van der Waals surface area contributed by atoms with Gasteiger partial charge in [-0.15, -0.1) is 0 Å². The van der Waals surface area contributed by atoms with Gasteiger partial charge in [-0.05, 0) is 76.0 Å². The molecule has 40 heavy (non-hydrogen) atoms. The van der Waals surface area contributed by atoms with Crippen LogP contribution in [0.3, 0.4) is 0 Å². The van der Waals surface area contributed by atoms with Gasteiger partial charge in [-0.3, -0.25) is 19.8 Å². The Morgan fingerprint density at radius 2 is 1.77 bits per heavy atom. The van der Waals surface area contributed by atoms with Gasteiger partial charge in [-0.2, -0.15) is 0 Å². The Kier molecular flexibility index (Phi) is 9.89. The number of nitrogens with zero attached hydrogens (tertiary/aromatic N) is 1. The van der Waals surface area contributed by atoms with Crippen molar-refractivity contribution in [2.45, 2.75) is 26.5 Å². The standard InChI is InChI=1S/C29H25Br2ClN2O6/c1-3-9-39-24-8-7-17(11-25(24)38-2)15-34-28(36)22(27(35)33-29(34)37)13-19-12-20(30)14-23(31)26(19)40-16-18-5-4-6-21(32)10-18/h4-8,10-14H,3,9,15-16H2,1-2H3,(H,33,35,37)/b22-13+. The molecule has 0 saturated carbocycles. The summed E-state index contributed by atoms with van der Waals surface area (Å²) < 4.78 is 18.5. The minimum Gasteiger partial charge on any atom is -0.493 e. The van der Waals surface area contributed by atoms with Gasteiger partial charge in [0.2, 0.25) is 0 Å². The second kappa shape index (κ2) is 13.3. The molecule has 4 amide bonds. The molecule has 0 aliphatic carbocycles. The molecule has 1 saturated heterocycles. The van der Waals surface area contributed by atoms with Crippen LogP contribution in [0.1, 0.15) is 30.0 Å². The number of urea groups is 1. The first-order valence-electron chi connectivity index (χ1n) is 12.2. The smallest absolute Gasteiger partial charge is 0.331 e. The maximum Gasteiger partial charge on any atom is 0.331 e. The number of carbonyl (C=O) groups is 3. The Balaban J connectivity index is 1.62. The maximum absolute atomic E-state index is 13.5. The normalized spacial score (nSPS) is 14.4. The molecule has 11 heteroatoms. The molecule has 1 heterocycles. The minimum absolute atomic E-state index is 0.0833. The van der Waals surface area contributed by atoms with Crippen LogP contribution in [-0.2, 0) is 22.7 Å². The summed E-state index contributed by atoms with van der Waals surface area (Å²) in [5.74, 6) is -0.0981. The summed E-state index contributed by atoms with van der Waals surface area (Å²) >= 11 is 13.0. The van der Waals surface area contributed by atoms with Gasteiger partial charge in [-0.1, -0.05) is 52.7 Å². The number of ether oxygens (including phenoxy) is 3. The molecule has 0 unspecified atom stereocenters. The summed E-state index contributed by atoms with van der Waals surface area (Å²) in [5, 5.41) is 2.83. The van der Waals surface area contributed by atoms with E-state index in [0.717, 1.165) is 16.9 Å². The average Bonchev–Trinajstić information content (AvgIpc) is 2.91. The van der Waals surface area contributed by atoms with Gasteiger partial charge in [0.05, 0.1) is 24.7 Å². The fourth-order valence-corrected chi connectivity index (χ4v) is 5.52. The second-order valence-electron chi connectivity index (χ2n) is 8.77. The molecule has 8 nitrogen and oxygen atoms in total. The molecule has 1 N–H and O–H groups in total. The van der Waals surface area contributed by atoms with Crippen molar-refractivity contribution in [3.05, 3.63) is 90.8 Å². The first kappa shape index (κ1) is 29.6. The Morgan fingerprint density at radius 1 is 0.975 bits per heavy atom. The number of halogens is 3. The van der Waals surface area contributed by atoms with Gasteiger partial charge >= 0.3 is 6.03 Å². The lowest BCUT2D eigenvalue weighted by Crippen LogP contribution is -2.53. The summed E-state index contributed by atoms with van der Waals surface area (Å²) in [7, 11) is 1.51. The van der Waals surface area contributed by atoms with Crippen molar-refractivity contribution in [3.63, 3.8) is 0 Å². The fourth-order valence-electron chi connectivity index (χ4n) is 3.94. The van der Waals surface area contributed by atoms with Crippen LogP contribution in [0.15, 0.2) is 69.1 Å². The number of hydrogen-bond donors (Lipinski definition) is 1. The largest absolute Gasteiger partial charge is 0.493 e. The quantitative estimate of drug-likeness (QED) is 0.184. The van der Waals surface area contributed by atoms with E-state index >= 15 is 0 Å². The Hall–Kier alpha value is -3.34. The Labute approximate surface area is 253 Å². The monoisotopic (exact) mass is 690 g/mol. The predicted octanol–water partition coefficient (Wildman–Crippen LogP) is 6.90. The van der Waals surface area contributed by atoms with E-state index in [1.54, 1.807) is 42.5 Å². The first-order valence-corrected chi connectivity index (χ1v) is 14.2. The summed E-state index contributed by atoms with van der Waals surface area (Å²) in [6, 6.07) is 15.1. The van der Waals surface area contributed by atoms with Crippen LogP contribution in [0, 0.1) is 0 Å². The van der Waals surface area contributed by atoms with Gasteiger partial charge in [0.15, 0.2) is 11.5 Å². The second-order valence-corrected chi connectivity index (χ2v) is 11.0. The number of imide groups is 2. The number of amides is 4. The fraction of sp³-hybridized carbons (Fsp3) is 0.207. The van der Waals surface area contributed by atoms with Crippen LogP contribution in [-0.4, -0.2) is 36.5 Å². The van der Waals surface area contributed by atoms with Crippen LogP contribution in [0.25, 0.3) is 6.08 Å². The van der Waals surface area contributed by atoms with Gasteiger partial charge in [-0.25, -0.2) is 4.79 Å². The molecule has 1 aliphatic heterocycles. The van der Waals surface area contributed by atoms with Crippen molar-refractivity contribution in [1.29, 1.82) is 0 Å². The van der Waals surface area contributed by atoms with Gasteiger partial charge in [0.1, 0.15) is 17.9 Å². The van der Waals surface area contributed by atoms with E-state index in [0.29, 0.717) is 49.0 Å². The molecule has 0 radical (unpaired) electrons. The van der Waals surface area contributed by atoms with Crippen LogP contribution in [0.5, 0.6) is 17.2 Å². The van der Waals surface area contributed by atoms with E-state index in [4.69, 9.17) is 25.8 Å². The van der Waals surface area contributed by atoms with Crippen molar-refractivity contribution < 1.29 is 28.6 Å². The van der Waals surface area contributed by atoms with Crippen molar-refractivity contribution in [1.82, 2.24) is 10.2 Å². The Morgan fingerprint density at radius 3 is 2.50 bits per heavy atom. The van der Waals surface area contributed by atoms with E-state index in [9.17, 15) is 14.4 Å². The lowest BCUT2D eigenvalue weighted by molar-refractivity contribution is -0.130. The average molecular weight is 693 g/mol. The van der Waals surface area contributed by atoms with Crippen LogP contribution < -0.4 is 19.5 Å². The van der Waals surface area contributed by atoms with E-state index in [-0.39, 0.29) is 18.7 Å². The maximum atomic E-state index is 13.5. The number of hydrogen-bond acceptors (Lipinski definition) is 6. The highest BCUT2D eigenvalue weighted by Crippen LogP contribution is 2.36. The molecular weight excluding hydrogens is 668 g/mol. The molecular formula is C29H25Br2ClN2O6. The van der Waals surface area contributed by atoms with E-state index in [2.05, 4.69) is 37.2 Å². The highest BCUT2D eigenvalue weighted by atomic mass is 79.9. The molecule has 3 aromatic rings. The van der Waals surface area contributed by atoms with Crippen LogP contribution in [0.2, 0.25) is 5.02 Å². The molecule has 0 atom stereocenters. The van der Waals surface area contributed by atoms with Crippen molar-refractivity contribution >= 4 is 67.4 Å². The van der Waals surface area contributed by atoms with E-state index in [1.165, 1.54) is 13.2 Å². The van der Waals surface area contributed by atoms with Gasteiger partial charge in [0.25, 0.3) is 11.8 Å². The lowest BCUT2D eigenvalue weighted by Gasteiger charge is -2.27. The minimum atomic E-state index is -0.815. The van der Waals surface area contributed by atoms with Gasteiger partial charge in [0, 0.05) is 15.1 Å². The number of nitrogens with one attached hydrogen (secondary N) is 1. The molecule has 0 spiro atoms. The summed E-state index contributed by atoms with van der Waals surface area (Å²) in [5.41, 5.74) is 1.70. The van der Waals surface area contributed by atoms with Gasteiger partial charge < -0.3 is 14.2 Å². The molecule has 208 valence electrons. The molecule has 1 aliphatic rings. The number of benzene rings is 3. The van der Waals surface area contributed by atoms with Crippen LogP contribution >= 0.6 is 43.5 Å². The van der Waals surface area contributed by atoms with Crippen molar-refractivity contribution in [3.8, 4) is 17.2 Å². The highest BCUT2D eigenvalue weighted by molar-refractivity contribution is 9.11. The predicted molar refractivity (Wildman–Crippen MR) is 158 cm³/mol.